The lowest BCUT2D eigenvalue weighted by atomic mass is 9.95. The van der Waals surface area contributed by atoms with Gasteiger partial charge in [-0.1, -0.05) is 53.3 Å². The number of aromatic nitrogens is 1. The van der Waals surface area contributed by atoms with Crippen LogP contribution in [0.5, 0.6) is 0 Å². The number of amides is 1. The first-order valence-electron chi connectivity index (χ1n) is 12.9. The summed E-state index contributed by atoms with van der Waals surface area (Å²) in [5.41, 5.74) is 1.52. The summed E-state index contributed by atoms with van der Waals surface area (Å²) in [4.78, 5) is 43.1. The van der Waals surface area contributed by atoms with Gasteiger partial charge >= 0.3 is 0 Å². The second-order valence-corrected chi connectivity index (χ2v) is 11.0. The lowest BCUT2D eigenvalue weighted by Gasteiger charge is -2.25. The number of nitrogens with zero attached hydrogens (tertiary/aromatic N) is 3. The van der Waals surface area contributed by atoms with Gasteiger partial charge in [0.1, 0.15) is 17.3 Å². The van der Waals surface area contributed by atoms with Gasteiger partial charge in [-0.25, -0.2) is 9.38 Å². The molecule has 2 aromatic heterocycles. The maximum Gasteiger partial charge on any atom is 0.271 e. The number of fused-ring (bicyclic) bond motifs is 1. The molecule has 6 rings (SSSR count). The van der Waals surface area contributed by atoms with E-state index in [1.165, 1.54) is 53.1 Å². The number of nitrogens with one attached hydrogen (secondary N) is 1. The van der Waals surface area contributed by atoms with Crippen LogP contribution in [-0.2, 0) is 4.79 Å². The molecule has 0 saturated carbocycles. The minimum absolute atomic E-state index is 0.145. The predicted octanol–water partition coefficient (Wildman–Crippen LogP) is 5.83. The zero-order chi connectivity index (χ0) is 30.2. The summed E-state index contributed by atoms with van der Waals surface area (Å²) in [6.45, 7) is 1.69. The van der Waals surface area contributed by atoms with Gasteiger partial charge in [-0.2, -0.15) is 0 Å². The van der Waals surface area contributed by atoms with Crippen molar-refractivity contribution in [2.75, 3.05) is 5.32 Å². The number of rotatable bonds is 6. The standard InChI is InChI=1S/C31H20ClFN4O5S/c1-17-27(29(38)35-20-5-3-2-4-6-20)28(18-7-9-19(33)10-8-18)36-30(39)26(43-31(36)34-17)16-22-12-14-25(42-22)23-15-21(37(40)41)11-13-24(23)32/h2-16,28H,1H3,(H,35,38)/b26-16-. The molecule has 0 bridgehead atoms. The zero-order valence-electron chi connectivity index (χ0n) is 22.3. The number of carbonyl (C=O) groups is 1. The maximum absolute atomic E-state index is 13.9. The number of benzene rings is 3. The number of allylic oxidation sites excluding steroid dienone is 1. The molecule has 3 heterocycles. The zero-order valence-corrected chi connectivity index (χ0v) is 23.9. The Morgan fingerprint density at radius 2 is 1.86 bits per heavy atom. The highest BCUT2D eigenvalue weighted by Gasteiger charge is 2.32. The molecule has 0 fully saturated rings. The van der Waals surface area contributed by atoms with Gasteiger partial charge in [0, 0.05) is 29.5 Å². The van der Waals surface area contributed by atoms with E-state index < -0.39 is 28.2 Å². The second-order valence-electron chi connectivity index (χ2n) is 9.58. The van der Waals surface area contributed by atoms with E-state index in [-0.39, 0.29) is 26.6 Å². The van der Waals surface area contributed by atoms with Gasteiger partial charge in [-0.3, -0.25) is 24.3 Å². The highest BCUT2D eigenvalue weighted by atomic mass is 35.5. The molecule has 5 aromatic rings. The fraction of sp³-hybridized carbons (Fsp3) is 0.0645. The van der Waals surface area contributed by atoms with Crippen molar-refractivity contribution in [3.63, 3.8) is 0 Å². The van der Waals surface area contributed by atoms with Gasteiger partial charge in [-0.15, -0.1) is 0 Å². The van der Waals surface area contributed by atoms with Crippen molar-refractivity contribution >= 4 is 46.3 Å². The third-order valence-corrected chi connectivity index (χ3v) is 8.12. The third-order valence-electron chi connectivity index (χ3n) is 6.81. The summed E-state index contributed by atoms with van der Waals surface area (Å²) >= 11 is 7.38. The number of anilines is 1. The molecule has 12 heteroatoms. The van der Waals surface area contributed by atoms with Crippen molar-refractivity contribution in [1.82, 2.24) is 4.57 Å². The number of nitro benzene ring substituents is 1. The summed E-state index contributed by atoms with van der Waals surface area (Å²) in [5, 5.41) is 14.4. The van der Waals surface area contributed by atoms with Gasteiger partial charge < -0.3 is 9.73 Å². The van der Waals surface area contributed by atoms with Crippen LogP contribution in [0.2, 0.25) is 5.02 Å². The Hall–Kier alpha value is -5.13. The summed E-state index contributed by atoms with van der Waals surface area (Å²) in [6.07, 6.45) is 1.53. The second kappa shape index (κ2) is 11.3. The number of carbonyl (C=O) groups excluding carboxylic acids is 1. The van der Waals surface area contributed by atoms with Gasteiger partial charge in [0.05, 0.1) is 31.8 Å². The smallest absolute Gasteiger partial charge is 0.271 e. The van der Waals surface area contributed by atoms with E-state index in [9.17, 15) is 24.1 Å². The van der Waals surface area contributed by atoms with Gasteiger partial charge in [0.15, 0.2) is 4.80 Å². The topological polar surface area (TPSA) is 120 Å². The molecule has 1 aliphatic rings. The maximum atomic E-state index is 13.9. The molecule has 1 unspecified atom stereocenters. The number of hydrogen-bond donors (Lipinski definition) is 1. The lowest BCUT2D eigenvalue weighted by Crippen LogP contribution is -2.40. The largest absolute Gasteiger partial charge is 0.457 e. The first-order valence-corrected chi connectivity index (χ1v) is 14.1. The molecular formula is C31H20ClFN4O5S. The number of para-hydroxylation sites is 1. The molecule has 1 aliphatic heterocycles. The lowest BCUT2D eigenvalue weighted by molar-refractivity contribution is -0.384. The fourth-order valence-electron chi connectivity index (χ4n) is 4.81. The van der Waals surface area contributed by atoms with Crippen molar-refractivity contribution in [2.24, 2.45) is 4.99 Å². The molecule has 214 valence electrons. The summed E-state index contributed by atoms with van der Waals surface area (Å²) in [6, 6.07) is 20.9. The Bertz CT molecular complexity index is 2120. The molecule has 3 aromatic carbocycles. The van der Waals surface area contributed by atoms with E-state index in [4.69, 9.17) is 16.0 Å². The number of non-ortho nitro benzene ring substituents is 1. The normalized spacial score (nSPS) is 14.8. The average molecular weight is 615 g/mol. The van der Waals surface area contributed by atoms with Crippen LogP contribution in [0.25, 0.3) is 17.4 Å². The highest BCUT2D eigenvalue weighted by molar-refractivity contribution is 7.07. The van der Waals surface area contributed by atoms with Crippen molar-refractivity contribution in [2.45, 2.75) is 13.0 Å². The van der Waals surface area contributed by atoms with Gasteiger partial charge in [-0.05, 0) is 55.0 Å². The van der Waals surface area contributed by atoms with E-state index >= 15 is 0 Å². The number of nitro groups is 1. The summed E-state index contributed by atoms with van der Waals surface area (Å²) in [5.74, 6) is -0.309. The minimum Gasteiger partial charge on any atom is -0.457 e. The first kappa shape index (κ1) is 28.0. The van der Waals surface area contributed by atoms with E-state index in [1.807, 2.05) is 6.07 Å². The molecule has 9 nitrogen and oxygen atoms in total. The van der Waals surface area contributed by atoms with E-state index in [2.05, 4.69) is 10.3 Å². The van der Waals surface area contributed by atoms with Crippen LogP contribution in [0.15, 0.2) is 110 Å². The molecule has 0 spiro atoms. The van der Waals surface area contributed by atoms with Crippen LogP contribution < -0.4 is 20.2 Å². The van der Waals surface area contributed by atoms with Gasteiger partial charge in [0.2, 0.25) is 0 Å². The molecule has 1 N–H and O–H groups in total. The van der Waals surface area contributed by atoms with Crippen LogP contribution >= 0.6 is 22.9 Å². The quantitative estimate of drug-likeness (QED) is 0.190. The molecule has 1 atom stereocenters. The molecule has 0 radical (unpaired) electrons. The van der Waals surface area contributed by atoms with Crippen molar-refractivity contribution in [3.05, 3.63) is 148 Å². The number of hydrogen-bond acceptors (Lipinski definition) is 7. The van der Waals surface area contributed by atoms with Crippen LogP contribution in [0.4, 0.5) is 15.8 Å². The Morgan fingerprint density at radius 1 is 1.12 bits per heavy atom. The Morgan fingerprint density at radius 3 is 2.58 bits per heavy atom. The number of halogens is 2. The van der Waals surface area contributed by atoms with Crippen molar-refractivity contribution in [1.29, 1.82) is 0 Å². The SMILES string of the molecule is CC1=C(C(=O)Nc2ccccc2)C(c2ccc(F)cc2)n2c(s/c(=C\c3ccc(-c4cc([N+](=O)[O-])ccc4Cl)o3)c2=O)=N1. The molecule has 43 heavy (non-hydrogen) atoms. The molecule has 1 amide bonds. The number of furan rings is 1. The Labute approximate surface area is 251 Å². The van der Waals surface area contributed by atoms with Crippen molar-refractivity contribution < 1.29 is 18.5 Å². The van der Waals surface area contributed by atoms with E-state index in [0.717, 1.165) is 11.3 Å². The minimum atomic E-state index is -0.876. The summed E-state index contributed by atoms with van der Waals surface area (Å²) < 4.78 is 21.5. The summed E-state index contributed by atoms with van der Waals surface area (Å²) in [7, 11) is 0. The highest BCUT2D eigenvalue weighted by Crippen LogP contribution is 2.33. The monoisotopic (exact) mass is 614 g/mol. The van der Waals surface area contributed by atoms with Crippen LogP contribution in [0, 0.1) is 15.9 Å². The molecule has 0 aliphatic carbocycles. The van der Waals surface area contributed by atoms with Crippen molar-refractivity contribution in [3.8, 4) is 11.3 Å². The van der Waals surface area contributed by atoms with E-state index in [1.54, 1.807) is 43.3 Å². The van der Waals surface area contributed by atoms with Crippen LogP contribution in [-0.4, -0.2) is 15.4 Å². The molecular weight excluding hydrogens is 595 g/mol. The van der Waals surface area contributed by atoms with Crippen LogP contribution in [0.1, 0.15) is 24.3 Å². The Kier molecular flexibility index (Phi) is 7.34. The fourth-order valence-corrected chi connectivity index (χ4v) is 6.05. The average Bonchev–Trinajstić information content (AvgIpc) is 3.57. The first-order chi connectivity index (χ1) is 20.7. The third kappa shape index (κ3) is 5.43. The Balaban J connectivity index is 1.44. The van der Waals surface area contributed by atoms with Gasteiger partial charge in [0.25, 0.3) is 17.2 Å². The van der Waals surface area contributed by atoms with E-state index in [0.29, 0.717) is 33.1 Å². The molecule has 0 saturated heterocycles. The predicted molar refractivity (Wildman–Crippen MR) is 161 cm³/mol. The van der Waals surface area contributed by atoms with Crippen LogP contribution in [0.3, 0.4) is 0 Å². The number of thiazole rings is 1.